The largest absolute Gasteiger partial charge is 0.478 e. The minimum Gasteiger partial charge on any atom is -0.478 e. The Balaban J connectivity index is 1.70. The highest BCUT2D eigenvalue weighted by Gasteiger charge is 2.10. The third-order valence-corrected chi connectivity index (χ3v) is 3.72. The Kier molecular flexibility index (Phi) is 3.71. The van der Waals surface area contributed by atoms with Crippen molar-refractivity contribution in [3.8, 4) is 0 Å². The summed E-state index contributed by atoms with van der Waals surface area (Å²) in [5, 5.41) is 11.1. The molecule has 3 rings (SSSR count). The lowest BCUT2D eigenvalue weighted by Crippen LogP contribution is -2.38. The van der Waals surface area contributed by atoms with E-state index in [1.165, 1.54) is 0 Å². The van der Waals surface area contributed by atoms with E-state index in [1.54, 1.807) is 12.1 Å². The van der Waals surface area contributed by atoms with Crippen molar-refractivity contribution in [2.45, 2.75) is 6.54 Å². The second-order valence-corrected chi connectivity index (χ2v) is 5.10. The Hall–Kier alpha value is -1.85. The van der Waals surface area contributed by atoms with Crippen LogP contribution in [0.4, 0.5) is 0 Å². The first kappa shape index (κ1) is 13.1. The highest BCUT2D eigenvalue weighted by atomic mass is 16.5. The summed E-state index contributed by atoms with van der Waals surface area (Å²) in [5.41, 5.74) is 0.337. The van der Waals surface area contributed by atoms with Crippen LogP contribution in [0.1, 0.15) is 10.4 Å². The zero-order chi connectivity index (χ0) is 13.9. The van der Waals surface area contributed by atoms with E-state index >= 15 is 0 Å². The molecule has 20 heavy (non-hydrogen) atoms. The number of fused-ring (bicyclic) bond motifs is 1. The van der Waals surface area contributed by atoms with Gasteiger partial charge in [0.1, 0.15) is 0 Å². The van der Waals surface area contributed by atoms with Gasteiger partial charge in [0.15, 0.2) is 0 Å². The van der Waals surface area contributed by atoms with Gasteiger partial charge in [0.2, 0.25) is 0 Å². The van der Waals surface area contributed by atoms with Gasteiger partial charge in [0.05, 0.1) is 18.8 Å². The van der Waals surface area contributed by atoms with E-state index in [0.717, 1.165) is 50.2 Å². The maximum Gasteiger partial charge on any atom is 0.335 e. The van der Waals surface area contributed by atoms with E-state index in [1.807, 2.05) is 12.3 Å². The smallest absolute Gasteiger partial charge is 0.335 e. The molecule has 5 nitrogen and oxygen atoms in total. The van der Waals surface area contributed by atoms with Crippen LogP contribution in [0.25, 0.3) is 10.8 Å². The molecule has 2 heterocycles. The SMILES string of the molecule is O=C(O)c1ccc2cn(CCN3CCOCC3)cc2c1. The molecular weight excluding hydrogens is 256 g/mol. The maximum absolute atomic E-state index is 11.0. The quantitative estimate of drug-likeness (QED) is 0.921. The molecule has 1 aromatic carbocycles. The first-order chi connectivity index (χ1) is 9.72. The Morgan fingerprint density at radius 1 is 1.15 bits per heavy atom. The zero-order valence-corrected chi connectivity index (χ0v) is 11.3. The van der Waals surface area contributed by atoms with Crippen molar-refractivity contribution in [1.82, 2.24) is 9.47 Å². The number of hydrogen-bond donors (Lipinski definition) is 1. The fourth-order valence-electron chi connectivity index (χ4n) is 2.54. The highest BCUT2D eigenvalue weighted by Crippen LogP contribution is 2.17. The molecule has 2 aromatic rings. The number of hydrogen-bond acceptors (Lipinski definition) is 3. The lowest BCUT2D eigenvalue weighted by Gasteiger charge is -2.26. The highest BCUT2D eigenvalue weighted by molar-refractivity contribution is 5.94. The van der Waals surface area contributed by atoms with Gasteiger partial charge >= 0.3 is 5.97 Å². The maximum atomic E-state index is 11.0. The Bertz CT molecular complexity index is 615. The van der Waals surface area contributed by atoms with Crippen molar-refractivity contribution in [2.24, 2.45) is 0 Å². The van der Waals surface area contributed by atoms with Gasteiger partial charge in [-0.25, -0.2) is 4.79 Å². The van der Waals surface area contributed by atoms with Crippen LogP contribution < -0.4 is 0 Å². The van der Waals surface area contributed by atoms with E-state index in [0.29, 0.717) is 5.56 Å². The lowest BCUT2D eigenvalue weighted by molar-refractivity contribution is 0.0364. The lowest BCUT2D eigenvalue weighted by atomic mass is 10.1. The second kappa shape index (κ2) is 5.64. The number of rotatable bonds is 4. The van der Waals surface area contributed by atoms with E-state index in [9.17, 15) is 4.79 Å². The van der Waals surface area contributed by atoms with Crippen LogP contribution in [-0.4, -0.2) is 53.4 Å². The zero-order valence-electron chi connectivity index (χ0n) is 11.3. The molecule has 1 aliphatic rings. The van der Waals surface area contributed by atoms with Gasteiger partial charge in [-0.15, -0.1) is 0 Å². The number of ether oxygens (including phenoxy) is 1. The minimum absolute atomic E-state index is 0.337. The van der Waals surface area contributed by atoms with E-state index in [-0.39, 0.29) is 0 Å². The van der Waals surface area contributed by atoms with Crippen molar-refractivity contribution in [3.05, 3.63) is 36.2 Å². The number of morpholine rings is 1. The van der Waals surface area contributed by atoms with Crippen LogP contribution in [0, 0.1) is 0 Å². The summed E-state index contributed by atoms with van der Waals surface area (Å²) in [6.45, 7) is 5.52. The summed E-state index contributed by atoms with van der Waals surface area (Å²) in [6, 6.07) is 5.24. The molecule has 1 saturated heterocycles. The van der Waals surface area contributed by atoms with Crippen molar-refractivity contribution in [3.63, 3.8) is 0 Å². The molecule has 0 bridgehead atoms. The van der Waals surface area contributed by atoms with E-state index in [2.05, 4.69) is 15.7 Å². The average molecular weight is 274 g/mol. The van der Waals surface area contributed by atoms with Crippen LogP contribution in [0.2, 0.25) is 0 Å². The first-order valence-electron chi connectivity index (χ1n) is 6.85. The predicted molar refractivity (Wildman–Crippen MR) is 76.2 cm³/mol. The number of aromatic nitrogens is 1. The molecule has 0 amide bonds. The summed E-state index contributed by atoms with van der Waals surface area (Å²) in [5.74, 6) is -0.882. The molecule has 0 aliphatic carbocycles. The van der Waals surface area contributed by atoms with Gasteiger partial charge in [-0.3, -0.25) is 4.90 Å². The number of carboxylic acids is 1. The Morgan fingerprint density at radius 3 is 2.65 bits per heavy atom. The van der Waals surface area contributed by atoms with Gasteiger partial charge in [0, 0.05) is 44.0 Å². The van der Waals surface area contributed by atoms with Crippen molar-refractivity contribution in [2.75, 3.05) is 32.8 Å². The third kappa shape index (κ3) is 2.84. The van der Waals surface area contributed by atoms with Gasteiger partial charge < -0.3 is 14.4 Å². The molecule has 106 valence electrons. The molecule has 0 radical (unpaired) electrons. The number of carboxylic acid groups (broad SMARTS) is 1. The monoisotopic (exact) mass is 274 g/mol. The normalized spacial score (nSPS) is 16.6. The number of aromatic carboxylic acids is 1. The molecule has 0 spiro atoms. The fraction of sp³-hybridized carbons (Fsp3) is 0.400. The summed E-state index contributed by atoms with van der Waals surface area (Å²) in [6.07, 6.45) is 4.09. The van der Waals surface area contributed by atoms with Crippen molar-refractivity contribution < 1.29 is 14.6 Å². The standard InChI is InChI=1S/C15H18N2O3/c18-15(19)12-1-2-13-10-17(11-14(13)9-12)4-3-16-5-7-20-8-6-16/h1-2,9-11H,3-8H2,(H,18,19). The van der Waals surface area contributed by atoms with E-state index < -0.39 is 5.97 Å². The number of nitrogens with zero attached hydrogens (tertiary/aromatic N) is 2. The van der Waals surface area contributed by atoms with Crippen molar-refractivity contribution >= 4 is 16.7 Å². The molecule has 0 atom stereocenters. The first-order valence-corrected chi connectivity index (χ1v) is 6.85. The summed E-state index contributed by atoms with van der Waals surface area (Å²) in [4.78, 5) is 13.3. The number of benzene rings is 1. The Morgan fingerprint density at radius 2 is 1.90 bits per heavy atom. The molecule has 5 heteroatoms. The third-order valence-electron chi connectivity index (χ3n) is 3.72. The van der Waals surface area contributed by atoms with Gasteiger partial charge in [0.25, 0.3) is 0 Å². The molecule has 0 saturated carbocycles. The summed E-state index contributed by atoms with van der Waals surface area (Å²) in [7, 11) is 0. The van der Waals surface area contributed by atoms with Crippen molar-refractivity contribution in [1.29, 1.82) is 0 Å². The molecule has 1 fully saturated rings. The topological polar surface area (TPSA) is 54.7 Å². The summed E-state index contributed by atoms with van der Waals surface area (Å²) >= 11 is 0. The Labute approximate surface area is 117 Å². The van der Waals surface area contributed by atoms with Crippen LogP contribution in [0.5, 0.6) is 0 Å². The van der Waals surface area contributed by atoms with Gasteiger partial charge in [-0.2, -0.15) is 0 Å². The molecular formula is C15H18N2O3. The van der Waals surface area contributed by atoms with Crippen LogP contribution in [0.15, 0.2) is 30.6 Å². The van der Waals surface area contributed by atoms with Crippen LogP contribution in [0.3, 0.4) is 0 Å². The van der Waals surface area contributed by atoms with Crippen LogP contribution >= 0.6 is 0 Å². The summed E-state index contributed by atoms with van der Waals surface area (Å²) < 4.78 is 7.46. The molecule has 0 unspecified atom stereocenters. The molecule has 1 N–H and O–H groups in total. The van der Waals surface area contributed by atoms with Crippen LogP contribution in [-0.2, 0) is 11.3 Å². The fourth-order valence-corrected chi connectivity index (χ4v) is 2.54. The second-order valence-electron chi connectivity index (χ2n) is 5.10. The number of carbonyl (C=O) groups is 1. The molecule has 1 aromatic heterocycles. The minimum atomic E-state index is -0.882. The molecule has 1 aliphatic heterocycles. The van der Waals surface area contributed by atoms with Gasteiger partial charge in [-0.05, 0) is 17.5 Å². The predicted octanol–water partition coefficient (Wildman–Crippen LogP) is 1.67. The van der Waals surface area contributed by atoms with Gasteiger partial charge in [-0.1, -0.05) is 6.07 Å². The average Bonchev–Trinajstić information content (AvgIpc) is 2.88. The van der Waals surface area contributed by atoms with E-state index in [4.69, 9.17) is 9.84 Å².